The van der Waals surface area contributed by atoms with Gasteiger partial charge in [0.2, 0.25) is 0 Å². The molecule has 1 aromatic carbocycles. The molecule has 2 atom stereocenters. The van der Waals surface area contributed by atoms with Gasteiger partial charge in [0.25, 0.3) is 0 Å². The second-order valence-electron chi connectivity index (χ2n) is 6.82. The van der Waals surface area contributed by atoms with E-state index >= 15 is 0 Å². The highest BCUT2D eigenvalue weighted by Gasteiger charge is 2.32. The number of fused-ring (bicyclic) bond motifs is 1. The lowest BCUT2D eigenvalue weighted by atomic mass is 10.0. The number of benzene rings is 1. The van der Waals surface area contributed by atoms with E-state index in [-0.39, 0.29) is 36.1 Å². The molecule has 3 N–H and O–H groups in total. The molecule has 0 spiro atoms. The number of nitrogens with two attached hydrogens (primary N) is 1. The summed E-state index contributed by atoms with van der Waals surface area (Å²) in [6, 6.07) is 9.04. The zero-order chi connectivity index (χ0) is 16.4. The van der Waals surface area contributed by atoms with Crippen molar-refractivity contribution < 1.29 is 9.47 Å². The average molecular weight is 458 g/mol. The van der Waals surface area contributed by atoms with Crippen molar-refractivity contribution in [1.29, 1.82) is 0 Å². The molecule has 2 heterocycles. The van der Waals surface area contributed by atoms with E-state index in [0.717, 1.165) is 43.5 Å². The molecule has 1 saturated carbocycles. The molecule has 0 amide bonds. The highest BCUT2D eigenvalue weighted by molar-refractivity contribution is 14.0. The van der Waals surface area contributed by atoms with Gasteiger partial charge in [-0.3, -0.25) is 9.89 Å². The van der Waals surface area contributed by atoms with E-state index in [1.807, 2.05) is 18.2 Å². The molecule has 1 aromatic rings. The quantitative estimate of drug-likeness (QED) is 0.410. The Kier molecular flexibility index (Phi) is 6.40. The van der Waals surface area contributed by atoms with Crippen molar-refractivity contribution in [1.82, 2.24) is 10.2 Å². The Hall–Kier alpha value is -1.06. The van der Waals surface area contributed by atoms with Crippen molar-refractivity contribution in [2.45, 2.75) is 37.5 Å². The molecular weight excluding hydrogens is 431 g/mol. The van der Waals surface area contributed by atoms with Crippen molar-refractivity contribution >= 4 is 29.9 Å². The summed E-state index contributed by atoms with van der Waals surface area (Å²) in [6.07, 6.45) is 3.72. The van der Waals surface area contributed by atoms with Gasteiger partial charge < -0.3 is 20.5 Å². The van der Waals surface area contributed by atoms with Gasteiger partial charge in [0, 0.05) is 31.1 Å². The van der Waals surface area contributed by atoms with Crippen LogP contribution in [0.25, 0.3) is 0 Å². The first kappa shape index (κ1) is 18.7. The Morgan fingerprint density at radius 1 is 1.24 bits per heavy atom. The minimum Gasteiger partial charge on any atom is -0.493 e. The Balaban J connectivity index is 0.00000182. The number of morpholine rings is 1. The van der Waals surface area contributed by atoms with Crippen LogP contribution in [0.3, 0.4) is 0 Å². The molecule has 2 aliphatic heterocycles. The van der Waals surface area contributed by atoms with E-state index in [1.54, 1.807) is 0 Å². The highest BCUT2D eigenvalue weighted by atomic mass is 127. The van der Waals surface area contributed by atoms with Crippen molar-refractivity contribution in [2.24, 2.45) is 10.7 Å². The zero-order valence-corrected chi connectivity index (χ0v) is 16.7. The van der Waals surface area contributed by atoms with Gasteiger partial charge in [-0.15, -0.1) is 24.0 Å². The monoisotopic (exact) mass is 458 g/mol. The third-order valence-electron chi connectivity index (χ3n) is 4.98. The molecule has 0 bridgehead atoms. The Labute approximate surface area is 166 Å². The van der Waals surface area contributed by atoms with Gasteiger partial charge in [0.1, 0.15) is 5.75 Å². The Bertz CT molecular complexity index is 608. The van der Waals surface area contributed by atoms with Crippen LogP contribution in [0.4, 0.5) is 0 Å². The van der Waals surface area contributed by atoms with Crippen LogP contribution in [0.15, 0.2) is 29.3 Å². The van der Waals surface area contributed by atoms with E-state index in [1.165, 1.54) is 12.8 Å². The number of nitrogens with one attached hydrogen (secondary N) is 1. The van der Waals surface area contributed by atoms with Gasteiger partial charge in [-0.25, -0.2) is 0 Å². The third kappa shape index (κ3) is 4.77. The molecule has 4 rings (SSSR count). The van der Waals surface area contributed by atoms with Gasteiger partial charge >= 0.3 is 0 Å². The van der Waals surface area contributed by atoms with Gasteiger partial charge in [0.15, 0.2) is 5.96 Å². The molecule has 1 saturated heterocycles. The fourth-order valence-corrected chi connectivity index (χ4v) is 3.54. The lowest BCUT2D eigenvalue weighted by Gasteiger charge is -2.32. The van der Waals surface area contributed by atoms with Crippen molar-refractivity contribution in [2.75, 3.05) is 32.8 Å². The Morgan fingerprint density at radius 3 is 2.92 bits per heavy atom. The topological polar surface area (TPSA) is 72.1 Å². The van der Waals surface area contributed by atoms with E-state index < -0.39 is 0 Å². The maximum Gasteiger partial charge on any atom is 0.189 e. The van der Waals surface area contributed by atoms with E-state index in [2.05, 4.69) is 21.3 Å². The zero-order valence-electron chi connectivity index (χ0n) is 14.4. The van der Waals surface area contributed by atoms with Gasteiger partial charge in [-0.1, -0.05) is 18.2 Å². The molecular formula is C18H27IN4O2. The summed E-state index contributed by atoms with van der Waals surface area (Å²) in [5.74, 6) is 1.42. The van der Waals surface area contributed by atoms with Crippen LogP contribution >= 0.6 is 24.0 Å². The number of ether oxygens (including phenoxy) is 2. The number of hydrogen-bond donors (Lipinski definition) is 2. The first-order valence-electron chi connectivity index (χ1n) is 8.93. The lowest BCUT2D eigenvalue weighted by molar-refractivity contribution is -0.0259. The number of para-hydroxylation sites is 1. The maximum absolute atomic E-state index is 6.11. The van der Waals surface area contributed by atoms with E-state index in [0.29, 0.717) is 19.1 Å². The fourth-order valence-electron chi connectivity index (χ4n) is 3.54. The molecule has 2 unspecified atom stereocenters. The molecule has 25 heavy (non-hydrogen) atoms. The van der Waals surface area contributed by atoms with Crippen LogP contribution in [-0.2, 0) is 4.74 Å². The van der Waals surface area contributed by atoms with Crippen molar-refractivity contribution in [3.8, 4) is 5.75 Å². The average Bonchev–Trinajstić information content (AvgIpc) is 3.46. The molecule has 138 valence electrons. The predicted octanol–water partition coefficient (Wildman–Crippen LogP) is 1.90. The normalized spacial score (nSPS) is 27.0. The SMILES string of the molecule is I.NC(=NCC1CN(C2CC2)CCO1)NC1CCOc2ccccc21. The molecule has 1 aliphatic carbocycles. The van der Waals surface area contributed by atoms with Crippen molar-refractivity contribution in [3.05, 3.63) is 29.8 Å². The third-order valence-corrected chi connectivity index (χ3v) is 4.98. The number of rotatable bonds is 4. The first-order valence-corrected chi connectivity index (χ1v) is 8.93. The van der Waals surface area contributed by atoms with Gasteiger partial charge in [-0.2, -0.15) is 0 Å². The summed E-state index contributed by atoms with van der Waals surface area (Å²) < 4.78 is 11.5. The smallest absolute Gasteiger partial charge is 0.189 e. The second-order valence-corrected chi connectivity index (χ2v) is 6.82. The number of aliphatic imine (C=N–C) groups is 1. The maximum atomic E-state index is 6.11. The second kappa shape index (κ2) is 8.55. The van der Waals surface area contributed by atoms with Crippen LogP contribution < -0.4 is 15.8 Å². The van der Waals surface area contributed by atoms with E-state index in [4.69, 9.17) is 15.2 Å². The van der Waals surface area contributed by atoms with Crippen LogP contribution in [0.5, 0.6) is 5.75 Å². The highest BCUT2D eigenvalue weighted by Crippen LogP contribution is 2.31. The largest absolute Gasteiger partial charge is 0.493 e. The van der Waals surface area contributed by atoms with Gasteiger partial charge in [0.05, 0.1) is 31.9 Å². The number of nitrogens with zero attached hydrogens (tertiary/aromatic N) is 2. The van der Waals surface area contributed by atoms with Gasteiger partial charge in [-0.05, 0) is 18.9 Å². The molecule has 0 radical (unpaired) electrons. The summed E-state index contributed by atoms with van der Waals surface area (Å²) in [5.41, 5.74) is 7.26. The number of hydrogen-bond acceptors (Lipinski definition) is 4. The molecule has 7 heteroatoms. The van der Waals surface area contributed by atoms with Crippen LogP contribution in [0.1, 0.15) is 30.9 Å². The minimum atomic E-state index is 0. The summed E-state index contributed by atoms with van der Waals surface area (Å²) in [7, 11) is 0. The molecule has 3 aliphatic rings. The lowest BCUT2D eigenvalue weighted by Crippen LogP contribution is -2.45. The minimum absolute atomic E-state index is 0. The summed E-state index contributed by atoms with van der Waals surface area (Å²) in [6.45, 7) is 4.15. The number of guanidine groups is 1. The number of halogens is 1. The van der Waals surface area contributed by atoms with Crippen LogP contribution in [0.2, 0.25) is 0 Å². The van der Waals surface area contributed by atoms with Crippen LogP contribution in [-0.4, -0.2) is 55.9 Å². The standard InChI is InChI=1S/C18H26N4O2.HI/c19-18(20-11-14-12-22(8-10-23-14)13-5-6-13)21-16-7-9-24-17-4-2-1-3-15(16)17;/h1-4,13-14,16H,5-12H2,(H3,19,20,21);1H. The molecule has 2 fully saturated rings. The fraction of sp³-hybridized carbons (Fsp3) is 0.611. The summed E-state index contributed by atoms with van der Waals surface area (Å²) in [5, 5.41) is 3.34. The summed E-state index contributed by atoms with van der Waals surface area (Å²) >= 11 is 0. The molecule has 6 nitrogen and oxygen atoms in total. The molecule has 0 aromatic heterocycles. The first-order chi connectivity index (χ1) is 11.8. The predicted molar refractivity (Wildman–Crippen MR) is 109 cm³/mol. The summed E-state index contributed by atoms with van der Waals surface area (Å²) in [4.78, 5) is 7.05. The van der Waals surface area contributed by atoms with E-state index in [9.17, 15) is 0 Å². The van der Waals surface area contributed by atoms with Crippen LogP contribution in [0, 0.1) is 0 Å². The Morgan fingerprint density at radius 2 is 2.08 bits per heavy atom. The van der Waals surface area contributed by atoms with Crippen molar-refractivity contribution in [3.63, 3.8) is 0 Å².